The monoisotopic (exact) mass is 486 g/mol. The number of aryl methyl sites for hydroxylation is 1. The molecule has 3 aromatic rings. The number of amides is 2. The van der Waals surface area contributed by atoms with Gasteiger partial charge in [-0.15, -0.1) is 0 Å². The first-order valence-electron chi connectivity index (χ1n) is 12.8. The molecule has 5 nitrogen and oxygen atoms in total. The number of carbonyl (C=O) groups excluding carboxylic acids is 2. The molecule has 2 amide bonds. The summed E-state index contributed by atoms with van der Waals surface area (Å²) in [6.45, 7) is 9.00. The summed E-state index contributed by atoms with van der Waals surface area (Å²) in [4.78, 5) is 28.8. The summed E-state index contributed by atoms with van der Waals surface area (Å²) in [5.41, 5.74) is 4.14. The van der Waals surface area contributed by atoms with E-state index in [1.165, 1.54) is 0 Å². The normalized spacial score (nSPS) is 11.7. The van der Waals surface area contributed by atoms with Crippen LogP contribution in [0.3, 0.4) is 0 Å². The molecule has 0 aliphatic rings. The second-order valence-corrected chi connectivity index (χ2v) is 9.43. The van der Waals surface area contributed by atoms with Crippen molar-refractivity contribution in [3.63, 3.8) is 0 Å². The van der Waals surface area contributed by atoms with Crippen molar-refractivity contribution in [1.29, 1.82) is 0 Å². The molecule has 36 heavy (non-hydrogen) atoms. The van der Waals surface area contributed by atoms with Crippen LogP contribution in [-0.2, 0) is 22.6 Å². The van der Waals surface area contributed by atoms with Gasteiger partial charge in [0.2, 0.25) is 5.91 Å². The third kappa shape index (κ3) is 7.45. The lowest BCUT2D eigenvalue weighted by atomic mass is 10.0. The van der Waals surface area contributed by atoms with E-state index in [1.54, 1.807) is 4.90 Å². The van der Waals surface area contributed by atoms with Crippen LogP contribution in [0.1, 0.15) is 55.4 Å². The number of hydrogen-bond donors (Lipinski definition) is 1. The Labute approximate surface area is 215 Å². The van der Waals surface area contributed by atoms with Gasteiger partial charge in [0, 0.05) is 19.5 Å². The average molecular weight is 487 g/mol. The number of ether oxygens (including phenoxy) is 1. The van der Waals surface area contributed by atoms with E-state index in [1.807, 2.05) is 92.7 Å². The van der Waals surface area contributed by atoms with E-state index in [9.17, 15) is 9.59 Å². The van der Waals surface area contributed by atoms with E-state index in [0.29, 0.717) is 25.3 Å². The zero-order valence-corrected chi connectivity index (χ0v) is 21.9. The molecular formula is C31H38N2O3. The summed E-state index contributed by atoms with van der Waals surface area (Å²) in [7, 11) is 0. The Bertz CT molecular complexity index is 1130. The SMILES string of the molecule is CCCNC(=O)[C@H](Cc1ccccc1)N(Cc1ccccc1C)C(=O)COc1ccccc1C(C)C. The Morgan fingerprint density at radius 2 is 1.58 bits per heavy atom. The maximum atomic E-state index is 13.7. The molecule has 3 aromatic carbocycles. The molecule has 1 N–H and O–H groups in total. The highest BCUT2D eigenvalue weighted by molar-refractivity contribution is 5.88. The lowest BCUT2D eigenvalue weighted by Gasteiger charge is -2.32. The minimum atomic E-state index is -0.657. The van der Waals surface area contributed by atoms with Crippen molar-refractivity contribution < 1.29 is 14.3 Å². The van der Waals surface area contributed by atoms with Crippen LogP contribution in [0, 0.1) is 6.92 Å². The highest BCUT2D eigenvalue weighted by atomic mass is 16.5. The molecule has 0 aliphatic heterocycles. The fraction of sp³-hybridized carbons (Fsp3) is 0.355. The summed E-state index contributed by atoms with van der Waals surface area (Å²) < 4.78 is 6.05. The third-order valence-corrected chi connectivity index (χ3v) is 6.31. The molecule has 3 rings (SSSR count). The maximum Gasteiger partial charge on any atom is 0.261 e. The number of para-hydroxylation sites is 1. The average Bonchev–Trinajstić information content (AvgIpc) is 2.89. The Kier molecular flexibility index (Phi) is 10.1. The third-order valence-electron chi connectivity index (χ3n) is 6.31. The predicted octanol–water partition coefficient (Wildman–Crippen LogP) is 5.66. The number of nitrogens with one attached hydrogen (secondary N) is 1. The molecule has 0 spiro atoms. The standard InChI is InChI=1S/C31H38N2O3/c1-5-19-32-31(35)28(20-25-14-7-6-8-15-25)33(21-26-16-10-9-13-24(26)4)30(34)22-36-29-18-12-11-17-27(29)23(2)3/h6-18,23,28H,5,19-22H2,1-4H3,(H,32,35)/t28-/m0/s1. The highest BCUT2D eigenvalue weighted by Crippen LogP contribution is 2.26. The zero-order valence-electron chi connectivity index (χ0n) is 21.9. The largest absolute Gasteiger partial charge is 0.483 e. The van der Waals surface area contributed by atoms with Gasteiger partial charge in [-0.25, -0.2) is 0 Å². The van der Waals surface area contributed by atoms with Gasteiger partial charge in [0.1, 0.15) is 11.8 Å². The quantitative estimate of drug-likeness (QED) is 0.359. The summed E-state index contributed by atoms with van der Waals surface area (Å²) in [6, 6.07) is 25.0. The summed E-state index contributed by atoms with van der Waals surface area (Å²) in [5.74, 6) is 0.603. The van der Waals surface area contributed by atoms with E-state index < -0.39 is 6.04 Å². The Balaban J connectivity index is 1.92. The fourth-order valence-corrected chi connectivity index (χ4v) is 4.20. The Hall–Kier alpha value is -3.60. The lowest BCUT2D eigenvalue weighted by molar-refractivity contribution is -0.142. The van der Waals surface area contributed by atoms with Gasteiger partial charge < -0.3 is 15.0 Å². The van der Waals surface area contributed by atoms with Gasteiger partial charge in [-0.1, -0.05) is 93.6 Å². The lowest BCUT2D eigenvalue weighted by Crippen LogP contribution is -2.51. The van der Waals surface area contributed by atoms with Gasteiger partial charge in [-0.05, 0) is 47.6 Å². The molecule has 0 unspecified atom stereocenters. The van der Waals surface area contributed by atoms with Crippen molar-refractivity contribution in [2.24, 2.45) is 0 Å². The minimum absolute atomic E-state index is 0.137. The molecule has 0 saturated carbocycles. The number of rotatable bonds is 12. The smallest absolute Gasteiger partial charge is 0.261 e. The van der Waals surface area contributed by atoms with Gasteiger partial charge in [-0.2, -0.15) is 0 Å². The van der Waals surface area contributed by atoms with E-state index >= 15 is 0 Å². The van der Waals surface area contributed by atoms with Crippen LogP contribution >= 0.6 is 0 Å². The van der Waals surface area contributed by atoms with Gasteiger partial charge in [0.15, 0.2) is 6.61 Å². The van der Waals surface area contributed by atoms with Crippen LogP contribution in [0.25, 0.3) is 0 Å². The number of benzene rings is 3. The van der Waals surface area contributed by atoms with Crippen molar-refractivity contribution in [2.75, 3.05) is 13.2 Å². The van der Waals surface area contributed by atoms with Crippen LogP contribution in [-0.4, -0.2) is 35.9 Å². The molecule has 0 saturated heterocycles. The number of carbonyl (C=O) groups is 2. The van der Waals surface area contributed by atoms with Gasteiger partial charge in [0.25, 0.3) is 5.91 Å². The van der Waals surface area contributed by atoms with Crippen molar-refractivity contribution in [2.45, 2.75) is 59.0 Å². The van der Waals surface area contributed by atoms with Crippen LogP contribution in [0.2, 0.25) is 0 Å². The van der Waals surface area contributed by atoms with Crippen molar-refractivity contribution in [3.8, 4) is 5.75 Å². The zero-order chi connectivity index (χ0) is 25.9. The molecule has 190 valence electrons. The molecule has 0 radical (unpaired) electrons. The highest BCUT2D eigenvalue weighted by Gasteiger charge is 2.31. The van der Waals surface area contributed by atoms with Crippen LogP contribution in [0.15, 0.2) is 78.9 Å². The molecular weight excluding hydrogens is 448 g/mol. The summed E-state index contributed by atoms with van der Waals surface area (Å²) >= 11 is 0. The molecule has 0 heterocycles. The molecule has 5 heteroatoms. The van der Waals surface area contributed by atoms with Crippen LogP contribution in [0.4, 0.5) is 0 Å². The first kappa shape index (κ1) is 27.0. The molecule has 0 fully saturated rings. The number of hydrogen-bond acceptors (Lipinski definition) is 3. The first-order valence-corrected chi connectivity index (χ1v) is 12.8. The Morgan fingerprint density at radius 1 is 0.917 bits per heavy atom. The Morgan fingerprint density at radius 3 is 2.28 bits per heavy atom. The fourth-order valence-electron chi connectivity index (χ4n) is 4.20. The minimum Gasteiger partial charge on any atom is -0.483 e. The van der Waals surface area contributed by atoms with Crippen molar-refractivity contribution in [3.05, 3.63) is 101 Å². The van der Waals surface area contributed by atoms with E-state index in [2.05, 4.69) is 19.2 Å². The van der Waals surface area contributed by atoms with E-state index in [0.717, 1.165) is 28.7 Å². The van der Waals surface area contributed by atoms with Gasteiger partial charge in [0.05, 0.1) is 0 Å². The first-order chi connectivity index (χ1) is 17.4. The summed E-state index contributed by atoms with van der Waals surface area (Å²) in [6.07, 6.45) is 1.25. The second kappa shape index (κ2) is 13.5. The maximum absolute atomic E-state index is 13.7. The second-order valence-electron chi connectivity index (χ2n) is 9.43. The van der Waals surface area contributed by atoms with Gasteiger partial charge in [-0.3, -0.25) is 9.59 Å². The predicted molar refractivity (Wildman–Crippen MR) is 145 cm³/mol. The van der Waals surface area contributed by atoms with Gasteiger partial charge >= 0.3 is 0 Å². The van der Waals surface area contributed by atoms with Crippen molar-refractivity contribution >= 4 is 11.8 Å². The van der Waals surface area contributed by atoms with Crippen LogP contribution < -0.4 is 10.1 Å². The van der Waals surface area contributed by atoms with E-state index in [4.69, 9.17) is 4.74 Å². The van der Waals surface area contributed by atoms with Crippen molar-refractivity contribution in [1.82, 2.24) is 10.2 Å². The number of nitrogens with zero attached hydrogens (tertiary/aromatic N) is 1. The van der Waals surface area contributed by atoms with Crippen LogP contribution in [0.5, 0.6) is 5.75 Å². The molecule has 0 aliphatic carbocycles. The van der Waals surface area contributed by atoms with E-state index in [-0.39, 0.29) is 24.3 Å². The molecule has 1 atom stereocenters. The molecule has 0 aromatic heterocycles. The molecule has 0 bridgehead atoms. The summed E-state index contributed by atoms with van der Waals surface area (Å²) in [5, 5.41) is 3.01. The topological polar surface area (TPSA) is 58.6 Å².